The van der Waals surface area contributed by atoms with Crippen LogP contribution in [0.1, 0.15) is 6.42 Å². The fraction of sp³-hybridized carbons (Fsp3) is 0.615. The highest BCUT2D eigenvalue weighted by Crippen LogP contribution is 2.15. The van der Waals surface area contributed by atoms with Crippen LogP contribution in [0.2, 0.25) is 0 Å². The molecule has 1 aromatic heterocycles. The molecular formula is C13H20Cl2FN5O. The molecule has 0 spiro atoms. The number of anilines is 1. The van der Waals surface area contributed by atoms with Crippen LogP contribution in [0.4, 0.5) is 10.3 Å². The van der Waals surface area contributed by atoms with E-state index in [9.17, 15) is 9.18 Å². The van der Waals surface area contributed by atoms with Crippen molar-refractivity contribution < 1.29 is 9.18 Å². The summed E-state index contributed by atoms with van der Waals surface area (Å²) in [5.41, 5.74) is 0. The van der Waals surface area contributed by atoms with E-state index in [1.54, 1.807) is 23.4 Å². The summed E-state index contributed by atoms with van der Waals surface area (Å²) in [5, 5.41) is 2.94. The maximum atomic E-state index is 13.1. The molecule has 2 saturated heterocycles. The van der Waals surface area contributed by atoms with E-state index in [0.717, 1.165) is 0 Å². The zero-order valence-corrected chi connectivity index (χ0v) is 13.7. The zero-order valence-electron chi connectivity index (χ0n) is 12.0. The number of carbonyl (C=O) groups excluding carboxylic acids is 1. The number of halogens is 3. The Balaban J connectivity index is 0.00000121. The van der Waals surface area contributed by atoms with Crippen molar-refractivity contribution in [2.75, 3.05) is 37.6 Å². The van der Waals surface area contributed by atoms with Gasteiger partial charge in [-0.2, -0.15) is 0 Å². The van der Waals surface area contributed by atoms with Crippen LogP contribution in [0.25, 0.3) is 0 Å². The quantitative estimate of drug-likeness (QED) is 0.848. The van der Waals surface area contributed by atoms with E-state index in [-0.39, 0.29) is 43.3 Å². The number of amides is 1. The Morgan fingerprint density at radius 2 is 1.82 bits per heavy atom. The molecule has 3 rings (SSSR count). The second-order valence-electron chi connectivity index (χ2n) is 5.15. The van der Waals surface area contributed by atoms with Crippen molar-refractivity contribution in [3.05, 3.63) is 18.5 Å². The maximum Gasteiger partial charge on any atom is 0.239 e. The lowest BCUT2D eigenvalue weighted by molar-refractivity contribution is -0.133. The van der Waals surface area contributed by atoms with Crippen molar-refractivity contribution in [3.8, 4) is 0 Å². The molecular weight excluding hydrogens is 332 g/mol. The van der Waals surface area contributed by atoms with Gasteiger partial charge in [0.05, 0.1) is 6.04 Å². The van der Waals surface area contributed by atoms with Crippen molar-refractivity contribution in [3.63, 3.8) is 0 Å². The fourth-order valence-corrected chi connectivity index (χ4v) is 2.68. The molecule has 0 unspecified atom stereocenters. The van der Waals surface area contributed by atoms with E-state index in [4.69, 9.17) is 0 Å². The number of rotatable bonds is 2. The summed E-state index contributed by atoms with van der Waals surface area (Å²) in [7, 11) is 0. The highest BCUT2D eigenvalue weighted by molar-refractivity contribution is 5.85. The van der Waals surface area contributed by atoms with E-state index < -0.39 is 6.17 Å². The van der Waals surface area contributed by atoms with E-state index in [2.05, 4.69) is 20.2 Å². The summed E-state index contributed by atoms with van der Waals surface area (Å²) in [6, 6.07) is 1.42. The number of carbonyl (C=O) groups is 1. The normalized spacial score (nSPS) is 24.4. The molecule has 124 valence electrons. The Morgan fingerprint density at radius 3 is 2.36 bits per heavy atom. The Morgan fingerprint density at radius 1 is 1.18 bits per heavy atom. The molecule has 1 aromatic rings. The van der Waals surface area contributed by atoms with Crippen LogP contribution >= 0.6 is 24.8 Å². The summed E-state index contributed by atoms with van der Waals surface area (Å²) >= 11 is 0. The number of nitrogens with one attached hydrogen (secondary N) is 1. The standard InChI is InChI=1S/C13H18FN5O.2ClH/c14-10-8-11(17-9-10)12(20)18-4-6-19(7-5-18)13-15-2-1-3-16-13;;/h1-3,10-11,17H,4-9H2;2*1H/t10-,11+;;/m0../s1. The fourth-order valence-electron chi connectivity index (χ4n) is 2.68. The van der Waals surface area contributed by atoms with Gasteiger partial charge in [-0.25, -0.2) is 14.4 Å². The lowest BCUT2D eigenvalue weighted by atomic mass is 10.1. The first-order valence-corrected chi connectivity index (χ1v) is 6.92. The second-order valence-corrected chi connectivity index (χ2v) is 5.15. The Bertz CT molecular complexity index is 473. The number of alkyl halides is 1. The van der Waals surface area contributed by atoms with Gasteiger partial charge in [0, 0.05) is 51.5 Å². The average Bonchev–Trinajstić information content (AvgIpc) is 2.94. The van der Waals surface area contributed by atoms with E-state index in [1.807, 2.05) is 0 Å². The average molecular weight is 352 g/mol. The van der Waals surface area contributed by atoms with Gasteiger partial charge >= 0.3 is 0 Å². The maximum absolute atomic E-state index is 13.1. The molecule has 0 saturated carbocycles. The van der Waals surface area contributed by atoms with Crippen LogP contribution < -0.4 is 10.2 Å². The molecule has 0 radical (unpaired) electrons. The smallest absolute Gasteiger partial charge is 0.239 e. The lowest BCUT2D eigenvalue weighted by Crippen LogP contribution is -2.53. The number of piperazine rings is 1. The van der Waals surface area contributed by atoms with Gasteiger partial charge < -0.3 is 15.1 Å². The topological polar surface area (TPSA) is 61.4 Å². The minimum absolute atomic E-state index is 0. The molecule has 1 N–H and O–H groups in total. The molecule has 22 heavy (non-hydrogen) atoms. The molecule has 0 aliphatic carbocycles. The van der Waals surface area contributed by atoms with Crippen LogP contribution in [-0.4, -0.2) is 65.7 Å². The van der Waals surface area contributed by atoms with Gasteiger partial charge in [0.25, 0.3) is 0 Å². The predicted molar refractivity (Wildman–Crippen MR) is 86.6 cm³/mol. The Hall–Kier alpha value is -1.18. The number of hydrogen-bond donors (Lipinski definition) is 1. The third-order valence-electron chi connectivity index (χ3n) is 3.80. The van der Waals surface area contributed by atoms with Gasteiger partial charge in [-0.1, -0.05) is 0 Å². The molecule has 0 aromatic carbocycles. The molecule has 6 nitrogen and oxygen atoms in total. The van der Waals surface area contributed by atoms with Gasteiger partial charge in [-0.3, -0.25) is 4.79 Å². The minimum atomic E-state index is -0.900. The van der Waals surface area contributed by atoms with E-state index in [0.29, 0.717) is 38.5 Å². The Labute approximate surface area is 141 Å². The van der Waals surface area contributed by atoms with Crippen LogP contribution in [0.5, 0.6) is 0 Å². The van der Waals surface area contributed by atoms with Crippen molar-refractivity contribution in [2.45, 2.75) is 18.6 Å². The van der Waals surface area contributed by atoms with Gasteiger partial charge in [-0.15, -0.1) is 24.8 Å². The third-order valence-corrected chi connectivity index (χ3v) is 3.80. The largest absolute Gasteiger partial charge is 0.338 e. The predicted octanol–water partition coefficient (Wildman–Crippen LogP) is 0.669. The summed E-state index contributed by atoms with van der Waals surface area (Å²) in [4.78, 5) is 24.5. The monoisotopic (exact) mass is 351 g/mol. The van der Waals surface area contributed by atoms with Crippen LogP contribution in [0.15, 0.2) is 18.5 Å². The molecule has 9 heteroatoms. The van der Waals surface area contributed by atoms with Crippen LogP contribution in [-0.2, 0) is 4.79 Å². The molecule has 1 amide bonds. The van der Waals surface area contributed by atoms with Gasteiger partial charge in [0.2, 0.25) is 11.9 Å². The molecule has 2 atom stereocenters. The van der Waals surface area contributed by atoms with Gasteiger partial charge in [0.1, 0.15) is 6.17 Å². The molecule has 2 fully saturated rings. The zero-order chi connectivity index (χ0) is 13.9. The molecule has 3 heterocycles. The summed E-state index contributed by atoms with van der Waals surface area (Å²) in [6.07, 6.45) is 2.82. The van der Waals surface area contributed by atoms with Gasteiger partial charge in [0.15, 0.2) is 0 Å². The molecule has 0 bridgehead atoms. The first-order chi connectivity index (χ1) is 9.74. The second kappa shape index (κ2) is 8.45. The number of nitrogens with zero attached hydrogens (tertiary/aromatic N) is 4. The van der Waals surface area contributed by atoms with E-state index in [1.165, 1.54) is 0 Å². The van der Waals surface area contributed by atoms with Crippen molar-refractivity contribution >= 4 is 36.7 Å². The lowest BCUT2D eigenvalue weighted by Gasteiger charge is -2.35. The summed E-state index contributed by atoms with van der Waals surface area (Å²) < 4.78 is 13.1. The minimum Gasteiger partial charge on any atom is -0.338 e. The van der Waals surface area contributed by atoms with Crippen molar-refractivity contribution in [1.29, 1.82) is 0 Å². The first kappa shape index (κ1) is 18.9. The highest BCUT2D eigenvalue weighted by atomic mass is 35.5. The molecule has 2 aliphatic heterocycles. The number of aromatic nitrogens is 2. The third kappa shape index (κ3) is 4.18. The molecule has 2 aliphatic rings. The summed E-state index contributed by atoms with van der Waals surface area (Å²) in [6.45, 7) is 2.97. The SMILES string of the molecule is Cl.Cl.O=C([C@H]1C[C@H](F)CN1)N1CCN(c2ncccn2)CC1. The number of hydrogen-bond acceptors (Lipinski definition) is 5. The highest BCUT2D eigenvalue weighted by Gasteiger charge is 2.33. The van der Waals surface area contributed by atoms with Gasteiger partial charge in [-0.05, 0) is 6.07 Å². The summed E-state index contributed by atoms with van der Waals surface area (Å²) in [5.74, 6) is 0.709. The van der Waals surface area contributed by atoms with Crippen molar-refractivity contribution in [1.82, 2.24) is 20.2 Å². The first-order valence-electron chi connectivity index (χ1n) is 6.92. The van der Waals surface area contributed by atoms with Crippen LogP contribution in [0.3, 0.4) is 0 Å². The van der Waals surface area contributed by atoms with Crippen LogP contribution in [0, 0.1) is 0 Å². The van der Waals surface area contributed by atoms with E-state index >= 15 is 0 Å². The van der Waals surface area contributed by atoms with Crippen molar-refractivity contribution in [2.24, 2.45) is 0 Å². The Kier molecular flexibility index (Phi) is 7.25.